The van der Waals surface area contributed by atoms with Crippen molar-refractivity contribution in [1.29, 1.82) is 0 Å². The van der Waals surface area contributed by atoms with E-state index < -0.39 is 10.0 Å². The molecule has 3 rings (SSSR count). The first-order chi connectivity index (χ1) is 13.7. The topological polar surface area (TPSA) is 69.7 Å². The molecular weight excluding hydrogens is 386 g/mol. The number of aryl methyl sites for hydroxylation is 2. The van der Waals surface area contributed by atoms with Crippen LogP contribution in [0.4, 0.5) is 5.69 Å². The normalized spacial score (nSPS) is 17.4. The third-order valence-electron chi connectivity index (χ3n) is 5.55. The van der Waals surface area contributed by atoms with Gasteiger partial charge < -0.3 is 9.80 Å². The quantitative estimate of drug-likeness (QED) is 0.814. The number of nitrogens with one attached hydrogen (secondary N) is 1. The Morgan fingerprint density at radius 3 is 2.52 bits per heavy atom. The smallest absolute Gasteiger partial charge is 0.261 e. The number of amides is 1. The molecule has 7 heteroatoms. The molecule has 0 saturated carbocycles. The van der Waals surface area contributed by atoms with Gasteiger partial charge in [-0.15, -0.1) is 0 Å². The molecule has 1 heterocycles. The van der Waals surface area contributed by atoms with E-state index in [1.807, 2.05) is 45.0 Å². The summed E-state index contributed by atoms with van der Waals surface area (Å²) in [5.74, 6) is -0.109. The molecule has 1 unspecified atom stereocenters. The summed E-state index contributed by atoms with van der Waals surface area (Å²) in [6, 6.07) is 12.3. The Morgan fingerprint density at radius 1 is 1.10 bits per heavy atom. The zero-order valence-electron chi connectivity index (χ0n) is 17.5. The minimum atomic E-state index is -3.79. The van der Waals surface area contributed by atoms with Crippen LogP contribution in [0.1, 0.15) is 34.3 Å². The lowest BCUT2D eigenvalue weighted by Crippen LogP contribution is -2.47. The molecule has 1 aliphatic rings. The zero-order valence-corrected chi connectivity index (χ0v) is 18.3. The van der Waals surface area contributed by atoms with Crippen LogP contribution in [0.15, 0.2) is 47.4 Å². The fourth-order valence-corrected chi connectivity index (χ4v) is 4.78. The van der Waals surface area contributed by atoms with Crippen LogP contribution in [0.5, 0.6) is 0 Å². The summed E-state index contributed by atoms with van der Waals surface area (Å²) in [6.07, 6.45) is 2.00. The Labute approximate surface area is 173 Å². The van der Waals surface area contributed by atoms with Gasteiger partial charge in [0.1, 0.15) is 0 Å². The highest BCUT2D eigenvalue weighted by molar-refractivity contribution is 7.92. The van der Waals surface area contributed by atoms with E-state index in [1.54, 1.807) is 24.3 Å². The first-order valence-corrected chi connectivity index (χ1v) is 11.3. The molecule has 2 aromatic carbocycles. The predicted molar refractivity (Wildman–Crippen MR) is 116 cm³/mol. The van der Waals surface area contributed by atoms with Crippen LogP contribution < -0.4 is 4.72 Å². The van der Waals surface area contributed by atoms with E-state index in [0.717, 1.165) is 24.0 Å². The molecule has 6 nitrogen and oxygen atoms in total. The van der Waals surface area contributed by atoms with Crippen LogP contribution >= 0.6 is 0 Å². The average molecular weight is 416 g/mol. The minimum Gasteiger partial charge on any atom is -0.337 e. The number of rotatable bonds is 5. The van der Waals surface area contributed by atoms with E-state index in [4.69, 9.17) is 0 Å². The molecule has 156 valence electrons. The molecule has 0 aromatic heterocycles. The molecular formula is C22H29N3O3S. The molecule has 1 fully saturated rings. The number of hydrogen-bond acceptors (Lipinski definition) is 4. The van der Waals surface area contributed by atoms with Crippen molar-refractivity contribution in [2.24, 2.45) is 0 Å². The van der Waals surface area contributed by atoms with Gasteiger partial charge in [-0.05, 0) is 70.1 Å². The number of piperidine rings is 1. The molecule has 1 N–H and O–H groups in total. The highest BCUT2D eigenvalue weighted by atomic mass is 32.2. The van der Waals surface area contributed by atoms with E-state index in [9.17, 15) is 13.2 Å². The standard InChI is InChI=1S/C22H29N3O3S/c1-16-11-12-19(29(27,28)23-21-10-6-5-8-17(21)2)14-20(16)22(26)25-13-7-9-18(15-25)24(3)4/h5-6,8,10-12,14,18,23H,7,9,13,15H2,1-4H3. The maximum atomic E-state index is 13.2. The lowest BCUT2D eigenvalue weighted by Gasteiger charge is -2.36. The van der Waals surface area contributed by atoms with Gasteiger partial charge in [-0.25, -0.2) is 8.42 Å². The first kappa shape index (κ1) is 21.3. The molecule has 1 aliphatic heterocycles. The van der Waals surface area contributed by atoms with Crippen molar-refractivity contribution in [3.8, 4) is 0 Å². The molecule has 0 spiro atoms. The van der Waals surface area contributed by atoms with Gasteiger partial charge in [0.05, 0.1) is 10.6 Å². The second kappa shape index (κ2) is 8.55. The second-order valence-electron chi connectivity index (χ2n) is 7.91. The monoisotopic (exact) mass is 415 g/mol. The SMILES string of the molecule is Cc1ccccc1NS(=O)(=O)c1ccc(C)c(C(=O)N2CCCC(N(C)C)C2)c1. The summed E-state index contributed by atoms with van der Waals surface area (Å²) in [5.41, 5.74) is 2.59. The number of sulfonamides is 1. The van der Waals surface area contributed by atoms with Crippen LogP contribution in [-0.2, 0) is 10.0 Å². The summed E-state index contributed by atoms with van der Waals surface area (Å²) in [5, 5.41) is 0. The summed E-state index contributed by atoms with van der Waals surface area (Å²) in [4.78, 5) is 17.2. The van der Waals surface area contributed by atoms with Gasteiger partial charge in [0, 0.05) is 24.7 Å². The van der Waals surface area contributed by atoms with Gasteiger partial charge in [0.15, 0.2) is 0 Å². The molecule has 29 heavy (non-hydrogen) atoms. The van der Waals surface area contributed by atoms with Crippen LogP contribution in [0, 0.1) is 13.8 Å². The Balaban J connectivity index is 1.87. The molecule has 0 aliphatic carbocycles. The Morgan fingerprint density at radius 2 is 1.83 bits per heavy atom. The largest absolute Gasteiger partial charge is 0.337 e. The fourth-order valence-electron chi connectivity index (χ4n) is 3.62. The van der Waals surface area contributed by atoms with Crippen LogP contribution in [0.25, 0.3) is 0 Å². The van der Waals surface area contributed by atoms with Gasteiger partial charge in [-0.2, -0.15) is 0 Å². The number of likely N-dealkylation sites (N-methyl/N-ethyl adjacent to an activating group) is 1. The van der Waals surface area contributed by atoms with Crippen molar-refractivity contribution in [2.45, 2.75) is 37.6 Å². The summed E-state index contributed by atoms with van der Waals surface area (Å²) >= 11 is 0. The lowest BCUT2D eigenvalue weighted by atomic mass is 10.0. The number of nitrogens with zero attached hydrogens (tertiary/aromatic N) is 2. The molecule has 0 bridgehead atoms. The lowest BCUT2D eigenvalue weighted by molar-refractivity contribution is 0.0634. The van der Waals surface area contributed by atoms with Crippen molar-refractivity contribution >= 4 is 21.6 Å². The number of hydrogen-bond donors (Lipinski definition) is 1. The summed E-state index contributed by atoms with van der Waals surface area (Å²) in [6.45, 7) is 5.04. The summed E-state index contributed by atoms with van der Waals surface area (Å²) < 4.78 is 28.5. The third kappa shape index (κ3) is 4.79. The maximum absolute atomic E-state index is 13.2. The van der Waals surface area contributed by atoms with E-state index in [2.05, 4.69) is 9.62 Å². The molecule has 0 radical (unpaired) electrons. The molecule has 1 saturated heterocycles. The van der Waals surface area contributed by atoms with Crippen molar-refractivity contribution < 1.29 is 13.2 Å². The average Bonchev–Trinajstić information content (AvgIpc) is 2.69. The zero-order chi connectivity index (χ0) is 21.2. The van der Waals surface area contributed by atoms with E-state index in [-0.39, 0.29) is 10.8 Å². The number of carbonyl (C=O) groups is 1. The van der Waals surface area contributed by atoms with Crippen LogP contribution in [0.2, 0.25) is 0 Å². The van der Waals surface area contributed by atoms with Crippen LogP contribution in [-0.4, -0.2) is 57.4 Å². The minimum absolute atomic E-state index is 0.0934. The second-order valence-corrected chi connectivity index (χ2v) is 9.59. The highest BCUT2D eigenvalue weighted by Gasteiger charge is 2.27. The van der Waals surface area contributed by atoms with E-state index >= 15 is 0 Å². The van der Waals surface area contributed by atoms with Crippen molar-refractivity contribution in [1.82, 2.24) is 9.80 Å². The van der Waals surface area contributed by atoms with E-state index in [0.29, 0.717) is 30.4 Å². The number of carbonyl (C=O) groups excluding carboxylic acids is 1. The van der Waals surface area contributed by atoms with Crippen molar-refractivity contribution in [3.05, 3.63) is 59.2 Å². The Bertz CT molecular complexity index is 1000. The number of likely N-dealkylation sites (tertiary alicyclic amines) is 1. The maximum Gasteiger partial charge on any atom is 0.261 e. The van der Waals surface area contributed by atoms with Gasteiger partial charge in [-0.1, -0.05) is 24.3 Å². The number of benzene rings is 2. The first-order valence-electron chi connectivity index (χ1n) is 9.84. The molecule has 2 aromatic rings. The summed E-state index contributed by atoms with van der Waals surface area (Å²) in [7, 11) is 0.252. The highest BCUT2D eigenvalue weighted by Crippen LogP contribution is 2.23. The van der Waals surface area contributed by atoms with Gasteiger partial charge in [-0.3, -0.25) is 9.52 Å². The van der Waals surface area contributed by atoms with Crippen molar-refractivity contribution in [2.75, 3.05) is 31.9 Å². The van der Waals surface area contributed by atoms with Gasteiger partial charge in [0.2, 0.25) is 0 Å². The van der Waals surface area contributed by atoms with Gasteiger partial charge in [0.25, 0.3) is 15.9 Å². The Kier molecular flexibility index (Phi) is 6.29. The van der Waals surface area contributed by atoms with Crippen molar-refractivity contribution in [3.63, 3.8) is 0 Å². The number of para-hydroxylation sites is 1. The number of anilines is 1. The predicted octanol–water partition coefficient (Wildman–Crippen LogP) is 3.27. The Hall–Kier alpha value is -2.38. The van der Waals surface area contributed by atoms with E-state index in [1.165, 1.54) is 6.07 Å². The fraction of sp³-hybridized carbons (Fsp3) is 0.409. The molecule has 1 amide bonds. The van der Waals surface area contributed by atoms with Crippen LogP contribution in [0.3, 0.4) is 0 Å². The van der Waals surface area contributed by atoms with Gasteiger partial charge >= 0.3 is 0 Å². The molecule has 1 atom stereocenters. The third-order valence-corrected chi connectivity index (χ3v) is 6.92.